The number of nitrogens with one attached hydrogen (secondary N) is 1. The van der Waals surface area contributed by atoms with Crippen molar-refractivity contribution in [1.29, 1.82) is 0 Å². The second-order valence-electron chi connectivity index (χ2n) is 4.41. The first-order valence-corrected chi connectivity index (χ1v) is 6.61. The molecule has 0 radical (unpaired) electrons. The van der Waals surface area contributed by atoms with Crippen LogP contribution in [0.25, 0.3) is 0 Å². The van der Waals surface area contributed by atoms with Gasteiger partial charge in [0.15, 0.2) is 0 Å². The maximum absolute atomic E-state index is 5.36. The summed E-state index contributed by atoms with van der Waals surface area (Å²) < 4.78 is 6.50. The standard InChI is InChI=1S/C13H18BrNO/c1-10(12-2-4-13(14)5-3-12)15-8-11-6-7-16-9-11/h2-5,10-11,15H,6-9H2,1H3. The van der Waals surface area contributed by atoms with Crippen molar-refractivity contribution in [3.63, 3.8) is 0 Å². The third kappa shape index (κ3) is 3.30. The van der Waals surface area contributed by atoms with Crippen LogP contribution in [0.4, 0.5) is 0 Å². The molecular weight excluding hydrogens is 266 g/mol. The summed E-state index contributed by atoms with van der Waals surface area (Å²) >= 11 is 3.45. The van der Waals surface area contributed by atoms with Crippen molar-refractivity contribution in [1.82, 2.24) is 5.32 Å². The van der Waals surface area contributed by atoms with Crippen LogP contribution in [0, 0.1) is 5.92 Å². The monoisotopic (exact) mass is 283 g/mol. The molecule has 1 heterocycles. The molecule has 0 bridgehead atoms. The molecule has 1 aliphatic rings. The van der Waals surface area contributed by atoms with Crippen molar-refractivity contribution in [2.24, 2.45) is 5.92 Å². The Hall–Kier alpha value is -0.380. The number of benzene rings is 1. The molecule has 0 aromatic heterocycles. The van der Waals surface area contributed by atoms with Gasteiger partial charge >= 0.3 is 0 Å². The summed E-state index contributed by atoms with van der Waals surface area (Å²) in [5.74, 6) is 0.692. The smallest absolute Gasteiger partial charge is 0.0507 e. The molecule has 88 valence electrons. The van der Waals surface area contributed by atoms with Gasteiger partial charge < -0.3 is 10.1 Å². The topological polar surface area (TPSA) is 21.3 Å². The molecular formula is C13H18BrNO. The lowest BCUT2D eigenvalue weighted by Gasteiger charge is -2.16. The predicted octanol–water partition coefficient (Wildman–Crippen LogP) is 3.14. The Balaban J connectivity index is 1.82. The van der Waals surface area contributed by atoms with E-state index in [1.807, 2.05) is 0 Å². The summed E-state index contributed by atoms with van der Waals surface area (Å²) in [5, 5.41) is 3.56. The molecule has 16 heavy (non-hydrogen) atoms. The van der Waals surface area contributed by atoms with Crippen LogP contribution in [0.2, 0.25) is 0 Å². The summed E-state index contributed by atoms with van der Waals surface area (Å²) in [6, 6.07) is 8.91. The first-order valence-electron chi connectivity index (χ1n) is 5.82. The Kier molecular flexibility index (Phi) is 4.38. The van der Waals surface area contributed by atoms with Crippen LogP contribution in [-0.2, 0) is 4.74 Å². The Bertz CT molecular complexity index is 319. The van der Waals surface area contributed by atoms with Crippen molar-refractivity contribution in [3.8, 4) is 0 Å². The van der Waals surface area contributed by atoms with E-state index in [4.69, 9.17) is 4.74 Å². The first-order chi connectivity index (χ1) is 7.75. The highest BCUT2D eigenvalue weighted by molar-refractivity contribution is 9.10. The van der Waals surface area contributed by atoms with E-state index in [1.165, 1.54) is 12.0 Å². The maximum atomic E-state index is 5.36. The van der Waals surface area contributed by atoms with Crippen molar-refractivity contribution >= 4 is 15.9 Å². The first kappa shape index (κ1) is 12.1. The SMILES string of the molecule is CC(NCC1CCOC1)c1ccc(Br)cc1. The Morgan fingerprint density at radius 3 is 2.81 bits per heavy atom. The van der Waals surface area contributed by atoms with Gasteiger partial charge in [0.2, 0.25) is 0 Å². The molecule has 1 aliphatic heterocycles. The molecule has 1 aromatic carbocycles. The normalized spacial score (nSPS) is 22.2. The summed E-state index contributed by atoms with van der Waals surface area (Å²) in [6.07, 6.45) is 1.19. The third-order valence-electron chi connectivity index (χ3n) is 3.11. The van der Waals surface area contributed by atoms with Crippen LogP contribution in [0.5, 0.6) is 0 Å². The van der Waals surface area contributed by atoms with Crippen molar-refractivity contribution in [3.05, 3.63) is 34.3 Å². The van der Waals surface area contributed by atoms with E-state index in [1.54, 1.807) is 0 Å². The molecule has 0 aliphatic carbocycles. The van der Waals surface area contributed by atoms with Gasteiger partial charge in [-0.2, -0.15) is 0 Å². The minimum Gasteiger partial charge on any atom is -0.381 e. The summed E-state index contributed by atoms with van der Waals surface area (Å²) in [6.45, 7) is 5.11. The molecule has 0 amide bonds. The van der Waals surface area contributed by atoms with Crippen LogP contribution in [0.3, 0.4) is 0 Å². The minimum atomic E-state index is 0.411. The average molecular weight is 284 g/mol. The molecule has 1 aromatic rings. The van der Waals surface area contributed by atoms with Gasteiger partial charge in [-0.15, -0.1) is 0 Å². The fraction of sp³-hybridized carbons (Fsp3) is 0.538. The van der Waals surface area contributed by atoms with E-state index < -0.39 is 0 Å². The fourth-order valence-corrected chi connectivity index (χ4v) is 2.22. The van der Waals surface area contributed by atoms with Crippen LogP contribution < -0.4 is 5.32 Å². The Morgan fingerprint density at radius 2 is 2.19 bits per heavy atom. The zero-order valence-corrected chi connectivity index (χ0v) is 11.2. The van der Waals surface area contributed by atoms with E-state index in [0.29, 0.717) is 12.0 Å². The maximum Gasteiger partial charge on any atom is 0.0507 e. The van der Waals surface area contributed by atoms with Gasteiger partial charge in [0.05, 0.1) is 6.61 Å². The summed E-state index contributed by atoms with van der Waals surface area (Å²) in [5.41, 5.74) is 1.34. The number of hydrogen-bond acceptors (Lipinski definition) is 2. The van der Waals surface area contributed by atoms with E-state index in [0.717, 1.165) is 24.2 Å². The van der Waals surface area contributed by atoms with Gasteiger partial charge in [-0.25, -0.2) is 0 Å². The Labute approximate surface area is 106 Å². The minimum absolute atomic E-state index is 0.411. The van der Waals surface area contributed by atoms with Crippen LogP contribution in [-0.4, -0.2) is 19.8 Å². The van der Waals surface area contributed by atoms with Crippen LogP contribution >= 0.6 is 15.9 Å². The molecule has 1 fully saturated rings. The molecule has 2 rings (SSSR count). The van der Waals surface area contributed by atoms with Crippen molar-refractivity contribution in [2.75, 3.05) is 19.8 Å². The molecule has 1 saturated heterocycles. The van der Waals surface area contributed by atoms with E-state index in [9.17, 15) is 0 Å². The van der Waals surface area contributed by atoms with E-state index in [2.05, 4.69) is 52.4 Å². The third-order valence-corrected chi connectivity index (χ3v) is 3.64. The number of ether oxygens (including phenoxy) is 1. The molecule has 0 spiro atoms. The highest BCUT2D eigenvalue weighted by Gasteiger charge is 2.16. The Morgan fingerprint density at radius 1 is 1.44 bits per heavy atom. The lowest BCUT2D eigenvalue weighted by molar-refractivity contribution is 0.184. The molecule has 2 atom stereocenters. The average Bonchev–Trinajstić information content (AvgIpc) is 2.80. The lowest BCUT2D eigenvalue weighted by Crippen LogP contribution is -2.25. The van der Waals surface area contributed by atoms with Gasteiger partial charge in [-0.1, -0.05) is 28.1 Å². The molecule has 1 N–H and O–H groups in total. The molecule has 0 saturated carbocycles. The number of halogens is 1. The van der Waals surface area contributed by atoms with Gasteiger partial charge in [0.1, 0.15) is 0 Å². The van der Waals surface area contributed by atoms with Gasteiger partial charge in [0, 0.05) is 23.7 Å². The molecule has 2 unspecified atom stereocenters. The second kappa shape index (κ2) is 5.80. The highest BCUT2D eigenvalue weighted by Crippen LogP contribution is 2.18. The van der Waals surface area contributed by atoms with Gasteiger partial charge in [-0.05, 0) is 37.0 Å². The number of rotatable bonds is 4. The fourth-order valence-electron chi connectivity index (χ4n) is 1.96. The molecule has 3 heteroatoms. The van der Waals surface area contributed by atoms with Crippen LogP contribution in [0.15, 0.2) is 28.7 Å². The second-order valence-corrected chi connectivity index (χ2v) is 5.33. The lowest BCUT2D eigenvalue weighted by atomic mass is 10.1. The predicted molar refractivity (Wildman–Crippen MR) is 69.5 cm³/mol. The summed E-state index contributed by atoms with van der Waals surface area (Å²) in [4.78, 5) is 0. The summed E-state index contributed by atoms with van der Waals surface area (Å²) in [7, 11) is 0. The van der Waals surface area contributed by atoms with Crippen molar-refractivity contribution < 1.29 is 4.74 Å². The number of hydrogen-bond donors (Lipinski definition) is 1. The van der Waals surface area contributed by atoms with E-state index in [-0.39, 0.29) is 0 Å². The van der Waals surface area contributed by atoms with Crippen molar-refractivity contribution in [2.45, 2.75) is 19.4 Å². The molecule has 2 nitrogen and oxygen atoms in total. The quantitative estimate of drug-likeness (QED) is 0.917. The van der Waals surface area contributed by atoms with Gasteiger partial charge in [-0.3, -0.25) is 0 Å². The van der Waals surface area contributed by atoms with E-state index >= 15 is 0 Å². The highest BCUT2D eigenvalue weighted by atomic mass is 79.9. The van der Waals surface area contributed by atoms with Crippen LogP contribution in [0.1, 0.15) is 24.9 Å². The van der Waals surface area contributed by atoms with Gasteiger partial charge in [0.25, 0.3) is 0 Å². The largest absolute Gasteiger partial charge is 0.381 e. The zero-order valence-electron chi connectivity index (χ0n) is 9.58. The zero-order chi connectivity index (χ0) is 11.4.